The van der Waals surface area contributed by atoms with Gasteiger partial charge in [-0.25, -0.2) is 0 Å². The molecule has 138 valence electrons. The van der Waals surface area contributed by atoms with E-state index in [-0.39, 0.29) is 0 Å². The van der Waals surface area contributed by atoms with Gasteiger partial charge in [0, 0.05) is 43.6 Å². The molecule has 10 heteroatoms. The minimum Gasteiger partial charge on any atom is -0.363 e. The van der Waals surface area contributed by atoms with E-state index in [9.17, 15) is 13.2 Å². The zero-order chi connectivity index (χ0) is 18.4. The minimum atomic E-state index is -4.41. The predicted octanol–water partition coefficient (Wildman–Crippen LogP) is 2.48. The fraction of sp³-hybridized carbons (Fsp3) is 0.533. The molecule has 0 atom stereocenters. The van der Waals surface area contributed by atoms with Crippen molar-refractivity contribution in [1.82, 2.24) is 30.2 Å². The summed E-state index contributed by atoms with van der Waals surface area (Å²) in [5.74, 6) is 0. The van der Waals surface area contributed by atoms with Crippen LogP contribution in [0.4, 0.5) is 13.2 Å². The number of nitrogens with zero attached hydrogens (tertiary/aromatic N) is 4. The second kappa shape index (κ2) is 8.32. The van der Waals surface area contributed by atoms with Crippen LogP contribution in [0.5, 0.6) is 0 Å². The van der Waals surface area contributed by atoms with Gasteiger partial charge in [0.1, 0.15) is 0 Å². The third-order valence-electron chi connectivity index (χ3n) is 3.57. The molecule has 2 heterocycles. The van der Waals surface area contributed by atoms with Crippen molar-refractivity contribution in [2.75, 3.05) is 6.54 Å². The Bertz CT molecular complexity index is 706. The maximum absolute atomic E-state index is 12.6. The lowest BCUT2D eigenvalue weighted by Gasteiger charge is -2.10. The van der Waals surface area contributed by atoms with Crippen LogP contribution in [0.1, 0.15) is 30.3 Å². The number of rotatable bonds is 7. The van der Waals surface area contributed by atoms with E-state index in [0.29, 0.717) is 36.9 Å². The summed E-state index contributed by atoms with van der Waals surface area (Å²) in [6.45, 7) is 5.93. The Balaban J connectivity index is 1.68. The van der Waals surface area contributed by atoms with Crippen molar-refractivity contribution in [3.8, 4) is 0 Å². The molecule has 2 aromatic heterocycles. The van der Waals surface area contributed by atoms with Gasteiger partial charge in [0.15, 0.2) is 10.8 Å². The number of hydrogen-bond donors (Lipinski definition) is 2. The van der Waals surface area contributed by atoms with Crippen LogP contribution in [0.25, 0.3) is 0 Å². The van der Waals surface area contributed by atoms with Gasteiger partial charge in [-0.15, -0.1) is 0 Å². The smallest absolute Gasteiger partial charge is 0.363 e. The molecule has 2 aromatic rings. The Morgan fingerprint density at radius 2 is 2.08 bits per heavy atom. The molecule has 2 rings (SSSR count). The molecule has 0 aliphatic heterocycles. The summed E-state index contributed by atoms with van der Waals surface area (Å²) in [7, 11) is 0. The van der Waals surface area contributed by atoms with Crippen molar-refractivity contribution in [2.45, 2.75) is 46.1 Å². The summed E-state index contributed by atoms with van der Waals surface area (Å²) in [6.07, 6.45) is -0.0904. The maximum atomic E-state index is 12.6. The third kappa shape index (κ3) is 5.73. The van der Waals surface area contributed by atoms with Gasteiger partial charge < -0.3 is 10.6 Å². The molecule has 0 fully saturated rings. The maximum Gasteiger partial charge on any atom is 0.435 e. The highest BCUT2D eigenvalue weighted by Gasteiger charge is 2.34. The van der Waals surface area contributed by atoms with Gasteiger partial charge >= 0.3 is 6.18 Å². The molecule has 0 saturated heterocycles. The Labute approximate surface area is 149 Å². The van der Waals surface area contributed by atoms with E-state index in [2.05, 4.69) is 20.8 Å². The zero-order valence-corrected chi connectivity index (χ0v) is 14.9. The van der Waals surface area contributed by atoms with Crippen molar-refractivity contribution in [3.05, 3.63) is 35.4 Å². The lowest BCUT2D eigenvalue weighted by atomic mass is 10.3. The molecule has 0 aromatic carbocycles. The topological polar surface area (TPSA) is 59.7 Å². The van der Waals surface area contributed by atoms with Gasteiger partial charge in [-0.05, 0) is 38.6 Å². The third-order valence-corrected chi connectivity index (χ3v) is 3.86. The molecule has 25 heavy (non-hydrogen) atoms. The lowest BCUT2D eigenvalue weighted by molar-refractivity contribution is -0.141. The zero-order valence-electron chi connectivity index (χ0n) is 14.1. The van der Waals surface area contributed by atoms with Gasteiger partial charge in [0.2, 0.25) is 0 Å². The van der Waals surface area contributed by atoms with Crippen molar-refractivity contribution >= 4 is 17.3 Å². The van der Waals surface area contributed by atoms with Crippen LogP contribution in [-0.4, -0.2) is 31.2 Å². The Morgan fingerprint density at radius 1 is 1.32 bits per heavy atom. The van der Waals surface area contributed by atoms with Crippen LogP contribution < -0.4 is 10.6 Å². The Hall–Kier alpha value is -2.10. The summed E-state index contributed by atoms with van der Waals surface area (Å²) >= 11 is 5.18. The number of alkyl halides is 3. The molecule has 0 radical (unpaired) electrons. The number of hydrogen-bond acceptors (Lipinski definition) is 3. The van der Waals surface area contributed by atoms with Gasteiger partial charge in [-0.3, -0.25) is 9.36 Å². The Kier molecular flexibility index (Phi) is 6.40. The van der Waals surface area contributed by atoms with Gasteiger partial charge in [-0.1, -0.05) is 0 Å². The van der Waals surface area contributed by atoms with Crippen LogP contribution in [0.3, 0.4) is 0 Å². The van der Waals surface area contributed by atoms with Crippen LogP contribution in [-0.2, 0) is 25.8 Å². The molecule has 0 bridgehead atoms. The highest BCUT2D eigenvalue weighted by Crippen LogP contribution is 2.28. The van der Waals surface area contributed by atoms with E-state index in [1.807, 2.05) is 17.8 Å². The number of halogens is 3. The standard InChI is InChI=1S/C15H21F3N6S/c1-3-23-10-12(9-21-23)8-20-14(25)19-5-4-6-24-11(2)7-13(22-24)15(16,17)18/h7,9-10H,3-6,8H2,1-2H3,(H2,19,20,25). The van der Waals surface area contributed by atoms with E-state index < -0.39 is 11.9 Å². The molecule has 0 amide bonds. The highest BCUT2D eigenvalue weighted by atomic mass is 32.1. The largest absolute Gasteiger partial charge is 0.435 e. The quantitative estimate of drug-likeness (QED) is 0.576. The number of thiocarbonyl (C=S) groups is 1. The molecule has 0 saturated carbocycles. The van der Waals surface area contributed by atoms with Crippen molar-refractivity contribution in [2.24, 2.45) is 0 Å². The highest BCUT2D eigenvalue weighted by molar-refractivity contribution is 7.80. The monoisotopic (exact) mass is 374 g/mol. The minimum absolute atomic E-state index is 0.390. The van der Waals surface area contributed by atoms with Crippen LogP contribution in [0.15, 0.2) is 18.5 Å². The van der Waals surface area contributed by atoms with Gasteiger partial charge in [0.25, 0.3) is 0 Å². The average Bonchev–Trinajstić information content (AvgIpc) is 3.16. The molecular weight excluding hydrogens is 353 g/mol. The SMILES string of the molecule is CCn1cc(CNC(=S)NCCCn2nc(C(F)(F)F)cc2C)cn1. The predicted molar refractivity (Wildman–Crippen MR) is 91.9 cm³/mol. The number of aromatic nitrogens is 4. The van der Waals surface area contributed by atoms with Crippen LogP contribution in [0, 0.1) is 6.92 Å². The molecule has 0 aliphatic rings. The summed E-state index contributed by atoms with van der Waals surface area (Å²) in [6, 6.07) is 1.05. The second-order valence-corrected chi connectivity index (χ2v) is 5.97. The van der Waals surface area contributed by atoms with Crippen LogP contribution >= 0.6 is 12.2 Å². The van der Waals surface area contributed by atoms with Crippen molar-refractivity contribution < 1.29 is 13.2 Å². The molecular formula is C15H21F3N6S. The fourth-order valence-corrected chi connectivity index (χ4v) is 2.40. The number of aryl methyl sites for hydroxylation is 3. The second-order valence-electron chi connectivity index (χ2n) is 5.56. The molecule has 0 spiro atoms. The summed E-state index contributed by atoms with van der Waals surface area (Å²) in [5, 5.41) is 14.4. The molecule has 0 aliphatic carbocycles. The molecule has 2 N–H and O–H groups in total. The summed E-state index contributed by atoms with van der Waals surface area (Å²) in [5.41, 5.74) is 0.654. The molecule has 6 nitrogen and oxygen atoms in total. The van der Waals surface area contributed by atoms with E-state index in [1.165, 1.54) is 4.68 Å². The average molecular weight is 374 g/mol. The van der Waals surface area contributed by atoms with Crippen LogP contribution in [0.2, 0.25) is 0 Å². The van der Waals surface area contributed by atoms with Crippen molar-refractivity contribution in [1.29, 1.82) is 0 Å². The van der Waals surface area contributed by atoms with Crippen molar-refractivity contribution in [3.63, 3.8) is 0 Å². The normalized spacial score (nSPS) is 11.6. The molecule has 0 unspecified atom stereocenters. The Morgan fingerprint density at radius 3 is 2.68 bits per heavy atom. The fourth-order valence-electron chi connectivity index (χ4n) is 2.22. The van der Waals surface area contributed by atoms with E-state index >= 15 is 0 Å². The van der Waals surface area contributed by atoms with Gasteiger partial charge in [0.05, 0.1) is 6.20 Å². The van der Waals surface area contributed by atoms with E-state index in [0.717, 1.165) is 18.2 Å². The number of nitrogens with one attached hydrogen (secondary N) is 2. The first kappa shape index (κ1) is 19.2. The van der Waals surface area contributed by atoms with Gasteiger partial charge in [-0.2, -0.15) is 23.4 Å². The first-order chi connectivity index (χ1) is 11.8. The first-order valence-electron chi connectivity index (χ1n) is 7.94. The summed E-state index contributed by atoms with van der Waals surface area (Å²) in [4.78, 5) is 0. The van der Waals surface area contributed by atoms with E-state index in [1.54, 1.807) is 13.1 Å². The first-order valence-corrected chi connectivity index (χ1v) is 8.35. The summed E-state index contributed by atoms with van der Waals surface area (Å²) < 4.78 is 41.0. The van der Waals surface area contributed by atoms with E-state index in [4.69, 9.17) is 12.2 Å². The lowest BCUT2D eigenvalue weighted by Crippen LogP contribution is -2.35.